The molecule has 0 saturated heterocycles. The molecule has 0 fully saturated rings. The minimum Gasteiger partial charge on any atom is -0.331 e. The third-order valence-electron chi connectivity index (χ3n) is 2.12. The lowest BCUT2D eigenvalue weighted by Crippen LogP contribution is -1.93. The molecule has 0 N–H and O–H groups in total. The van der Waals surface area contributed by atoms with Crippen LogP contribution in [0.15, 0.2) is 42.9 Å². The van der Waals surface area contributed by atoms with Crippen molar-refractivity contribution in [2.75, 3.05) is 0 Å². The van der Waals surface area contributed by atoms with Crippen LogP contribution in [0, 0.1) is 0 Å². The quantitative estimate of drug-likeness (QED) is 0.803. The van der Waals surface area contributed by atoms with Crippen LogP contribution in [0.4, 0.5) is 0 Å². The topological polar surface area (TPSA) is 17.8 Å². The highest BCUT2D eigenvalue weighted by Crippen LogP contribution is 2.17. The van der Waals surface area contributed by atoms with Crippen molar-refractivity contribution in [1.29, 1.82) is 0 Å². The van der Waals surface area contributed by atoms with E-state index in [9.17, 15) is 0 Å². The van der Waals surface area contributed by atoms with Gasteiger partial charge in [0.1, 0.15) is 0 Å². The van der Waals surface area contributed by atoms with E-state index >= 15 is 0 Å². The maximum absolute atomic E-state index is 4.13. The van der Waals surface area contributed by atoms with Gasteiger partial charge in [-0.1, -0.05) is 30.3 Å². The zero-order valence-electron chi connectivity index (χ0n) is 8.05. The fourth-order valence-electron chi connectivity index (χ4n) is 1.42. The molecule has 1 heterocycles. The predicted octanol–water partition coefficient (Wildman–Crippen LogP) is 3.15. The largest absolute Gasteiger partial charge is 0.331 e. The molecule has 0 saturated carbocycles. The van der Waals surface area contributed by atoms with E-state index in [-0.39, 0.29) is 17.0 Å². The predicted molar refractivity (Wildman–Crippen MR) is 63.7 cm³/mol. The summed E-state index contributed by atoms with van der Waals surface area (Å²) in [5.74, 6) is 0. The Balaban J connectivity index is 0.000000980. The van der Waals surface area contributed by atoms with E-state index in [1.165, 1.54) is 11.3 Å². The molecule has 2 rings (SSSR count). The summed E-state index contributed by atoms with van der Waals surface area (Å²) in [4.78, 5) is 4.13. The van der Waals surface area contributed by atoms with Crippen LogP contribution in [0.25, 0.3) is 11.3 Å². The molecule has 1 aromatic heterocycles. The van der Waals surface area contributed by atoms with Crippen molar-refractivity contribution in [3.8, 4) is 11.3 Å². The fraction of sp³-hybridized carbons (Fsp3) is 0.182. The first-order chi connectivity index (χ1) is 6.42. The molecule has 0 aliphatic heterocycles. The normalized spacial score (nSPS) is 9.50. The first kappa shape index (κ1) is 11.0. The van der Waals surface area contributed by atoms with Gasteiger partial charge in [0.2, 0.25) is 0 Å². The minimum atomic E-state index is 0. The van der Waals surface area contributed by atoms with Gasteiger partial charge in [0, 0.05) is 6.54 Å². The Hall–Kier alpha value is -1.09. The standard InChI is InChI=1S/C11H12N2.BrH/c1-2-13-9-12-8-11(13)10-6-4-3-5-7-10;/h3-9H,2H2,1H3;1H. The first-order valence-corrected chi connectivity index (χ1v) is 4.47. The monoisotopic (exact) mass is 252 g/mol. The van der Waals surface area contributed by atoms with Crippen LogP contribution in [0.5, 0.6) is 0 Å². The molecular formula is C11H13BrN2. The van der Waals surface area contributed by atoms with Gasteiger partial charge in [0.15, 0.2) is 0 Å². The van der Waals surface area contributed by atoms with E-state index < -0.39 is 0 Å². The number of hydrogen-bond acceptors (Lipinski definition) is 1. The molecule has 74 valence electrons. The molecule has 0 atom stereocenters. The third kappa shape index (κ3) is 2.04. The van der Waals surface area contributed by atoms with Crippen molar-refractivity contribution >= 4 is 17.0 Å². The van der Waals surface area contributed by atoms with Gasteiger partial charge in [0.25, 0.3) is 0 Å². The molecular weight excluding hydrogens is 240 g/mol. The summed E-state index contributed by atoms with van der Waals surface area (Å²) < 4.78 is 2.13. The number of aromatic nitrogens is 2. The molecule has 2 aromatic rings. The molecule has 14 heavy (non-hydrogen) atoms. The Kier molecular flexibility index (Phi) is 3.89. The minimum absolute atomic E-state index is 0. The Morgan fingerprint density at radius 3 is 2.57 bits per heavy atom. The van der Waals surface area contributed by atoms with E-state index in [2.05, 4.69) is 28.6 Å². The summed E-state index contributed by atoms with van der Waals surface area (Å²) in [7, 11) is 0. The van der Waals surface area contributed by atoms with Gasteiger partial charge in [-0.25, -0.2) is 4.98 Å². The smallest absolute Gasteiger partial charge is 0.0950 e. The molecule has 2 nitrogen and oxygen atoms in total. The third-order valence-corrected chi connectivity index (χ3v) is 2.12. The van der Waals surface area contributed by atoms with Crippen LogP contribution < -0.4 is 0 Å². The highest BCUT2D eigenvalue weighted by Gasteiger charge is 2.01. The molecule has 0 aliphatic carbocycles. The van der Waals surface area contributed by atoms with E-state index in [1.54, 1.807) is 0 Å². The van der Waals surface area contributed by atoms with Crippen molar-refractivity contribution in [3.05, 3.63) is 42.9 Å². The molecule has 0 unspecified atom stereocenters. The zero-order chi connectivity index (χ0) is 9.10. The van der Waals surface area contributed by atoms with Gasteiger partial charge >= 0.3 is 0 Å². The summed E-state index contributed by atoms with van der Waals surface area (Å²) in [5, 5.41) is 0. The van der Waals surface area contributed by atoms with Gasteiger partial charge in [-0.3, -0.25) is 0 Å². The van der Waals surface area contributed by atoms with Gasteiger partial charge in [-0.15, -0.1) is 17.0 Å². The maximum atomic E-state index is 4.13. The van der Waals surface area contributed by atoms with Crippen LogP contribution in [-0.2, 0) is 6.54 Å². The average molecular weight is 253 g/mol. The van der Waals surface area contributed by atoms with Crippen molar-refractivity contribution in [3.63, 3.8) is 0 Å². The lowest BCUT2D eigenvalue weighted by atomic mass is 10.2. The summed E-state index contributed by atoms with van der Waals surface area (Å²) in [5.41, 5.74) is 2.41. The summed E-state index contributed by atoms with van der Waals surface area (Å²) in [6.45, 7) is 3.08. The SMILES string of the molecule is Br.CCn1cncc1-c1ccccc1. The fourth-order valence-corrected chi connectivity index (χ4v) is 1.42. The summed E-state index contributed by atoms with van der Waals surface area (Å²) >= 11 is 0. The van der Waals surface area contributed by atoms with E-state index in [1.807, 2.05) is 30.7 Å². The van der Waals surface area contributed by atoms with Crippen molar-refractivity contribution in [2.45, 2.75) is 13.5 Å². The van der Waals surface area contributed by atoms with E-state index in [0.717, 1.165) is 6.54 Å². The lowest BCUT2D eigenvalue weighted by Gasteiger charge is -2.03. The van der Waals surface area contributed by atoms with Crippen LogP contribution in [0.2, 0.25) is 0 Å². The van der Waals surface area contributed by atoms with E-state index in [0.29, 0.717) is 0 Å². The Morgan fingerprint density at radius 1 is 1.21 bits per heavy atom. The Labute approximate surface area is 94.4 Å². The number of imidazole rings is 1. The number of benzene rings is 1. The molecule has 3 heteroatoms. The van der Waals surface area contributed by atoms with Crippen LogP contribution in [-0.4, -0.2) is 9.55 Å². The number of aryl methyl sites for hydroxylation is 1. The molecule has 0 spiro atoms. The van der Waals surface area contributed by atoms with Crippen LogP contribution in [0.3, 0.4) is 0 Å². The van der Waals surface area contributed by atoms with Gasteiger partial charge < -0.3 is 4.57 Å². The number of halogens is 1. The molecule has 0 amide bonds. The molecule has 0 aliphatic rings. The Bertz CT molecular complexity index is 381. The van der Waals surface area contributed by atoms with Gasteiger partial charge in [-0.2, -0.15) is 0 Å². The number of hydrogen-bond donors (Lipinski definition) is 0. The number of nitrogens with zero attached hydrogens (tertiary/aromatic N) is 2. The highest BCUT2D eigenvalue weighted by molar-refractivity contribution is 8.93. The maximum Gasteiger partial charge on any atom is 0.0950 e. The van der Waals surface area contributed by atoms with Crippen LogP contribution in [0.1, 0.15) is 6.92 Å². The average Bonchev–Trinajstić information content (AvgIpc) is 2.67. The van der Waals surface area contributed by atoms with Gasteiger partial charge in [-0.05, 0) is 12.5 Å². The second-order valence-corrected chi connectivity index (χ2v) is 2.93. The molecule has 0 radical (unpaired) electrons. The summed E-state index contributed by atoms with van der Waals surface area (Å²) in [6, 6.07) is 10.3. The van der Waals surface area contributed by atoms with Crippen molar-refractivity contribution in [2.24, 2.45) is 0 Å². The van der Waals surface area contributed by atoms with Crippen molar-refractivity contribution in [1.82, 2.24) is 9.55 Å². The van der Waals surface area contributed by atoms with Gasteiger partial charge in [0.05, 0.1) is 18.2 Å². The molecule has 0 bridgehead atoms. The summed E-state index contributed by atoms with van der Waals surface area (Å²) in [6.07, 6.45) is 3.77. The number of rotatable bonds is 2. The first-order valence-electron chi connectivity index (χ1n) is 4.47. The Morgan fingerprint density at radius 2 is 1.93 bits per heavy atom. The van der Waals surface area contributed by atoms with Crippen molar-refractivity contribution < 1.29 is 0 Å². The molecule has 1 aromatic carbocycles. The zero-order valence-corrected chi connectivity index (χ0v) is 9.76. The second kappa shape index (κ2) is 4.96. The van der Waals surface area contributed by atoms with Crippen LogP contribution >= 0.6 is 17.0 Å². The second-order valence-electron chi connectivity index (χ2n) is 2.93. The van der Waals surface area contributed by atoms with E-state index in [4.69, 9.17) is 0 Å². The highest BCUT2D eigenvalue weighted by atomic mass is 79.9. The lowest BCUT2D eigenvalue weighted by molar-refractivity contribution is 0.769.